The van der Waals surface area contributed by atoms with Crippen LogP contribution in [0.3, 0.4) is 0 Å². The van der Waals surface area contributed by atoms with Crippen LogP contribution >= 0.6 is 0 Å². The molecule has 134 valence electrons. The molecule has 25 heavy (non-hydrogen) atoms. The van der Waals surface area contributed by atoms with E-state index in [9.17, 15) is 4.79 Å². The van der Waals surface area contributed by atoms with Crippen molar-refractivity contribution in [3.63, 3.8) is 0 Å². The van der Waals surface area contributed by atoms with Crippen molar-refractivity contribution in [2.24, 2.45) is 0 Å². The lowest BCUT2D eigenvalue weighted by Gasteiger charge is -2.25. The van der Waals surface area contributed by atoms with Crippen LogP contribution in [0.1, 0.15) is 19.4 Å². The zero-order valence-electron chi connectivity index (χ0n) is 14.6. The van der Waals surface area contributed by atoms with Gasteiger partial charge in [0, 0.05) is 38.1 Å². The lowest BCUT2D eigenvalue weighted by atomic mass is 10.2. The summed E-state index contributed by atoms with van der Waals surface area (Å²) < 4.78 is 13.1. The minimum absolute atomic E-state index is 0.0102. The Bertz CT molecular complexity index is 702. The van der Waals surface area contributed by atoms with E-state index in [2.05, 4.69) is 10.3 Å². The van der Waals surface area contributed by atoms with E-state index in [1.807, 2.05) is 42.8 Å². The number of hydrogen-bond donors (Lipinski definition) is 1. The summed E-state index contributed by atoms with van der Waals surface area (Å²) in [6, 6.07) is 5.75. The molecular formula is C18H24N4O3. The molecule has 0 aliphatic carbocycles. The molecule has 1 aliphatic rings. The van der Waals surface area contributed by atoms with Crippen molar-refractivity contribution in [1.82, 2.24) is 19.8 Å². The number of fused-ring (bicyclic) bond motifs is 1. The highest BCUT2D eigenvalue weighted by Crippen LogP contribution is 2.31. The predicted molar refractivity (Wildman–Crippen MR) is 93.7 cm³/mol. The van der Waals surface area contributed by atoms with Gasteiger partial charge in [-0.25, -0.2) is 9.78 Å². The van der Waals surface area contributed by atoms with Crippen molar-refractivity contribution < 1.29 is 14.3 Å². The quantitative estimate of drug-likeness (QED) is 0.873. The van der Waals surface area contributed by atoms with E-state index in [1.165, 1.54) is 0 Å². The summed E-state index contributed by atoms with van der Waals surface area (Å²) in [5, 5.41) is 3.03. The first-order chi connectivity index (χ1) is 12.2. The Kier molecular flexibility index (Phi) is 5.42. The number of rotatable bonds is 6. The molecule has 1 N–H and O–H groups in total. The van der Waals surface area contributed by atoms with E-state index < -0.39 is 0 Å². The first-order valence-electron chi connectivity index (χ1n) is 8.55. The fraction of sp³-hybridized carbons (Fsp3) is 0.444. The molecule has 1 aliphatic heterocycles. The molecule has 1 aromatic heterocycles. The van der Waals surface area contributed by atoms with Crippen LogP contribution in [-0.4, -0.2) is 46.3 Å². The Hall–Kier alpha value is -2.70. The second kappa shape index (κ2) is 7.92. The number of urea groups is 1. The Labute approximate surface area is 147 Å². The lowest BCUT2D eigenvalue weighted by molar-refractivity contribution is 0.171. The monoisotopic (exact) mass is 344 g/mol. The van der Waals surface area contributed by atoms with Gasteiger partial charge in [-0.2, -0.15) is 0 Å². The number of ether oxygens (including phenoxy) is 2. The van der Waals surface area contributed by atoms with E-state index in [-0.39, 0.29) is 12.1 Å². The van der Waals surface area contributed by atoms with Crippen LogP contribution in [0.15, 0.2) is 36.9 Å². The van der Waals surface area contributed by atoms with Gasteiger partial charge in [-0.3, -0.25) is 0 Å². The largest absolute Gasteiger partial charge is 0.486 e. The van der Waals surface area contributed by atoms with Gasteiger partial charge in [0.2, 0.25) is 0 Å². The first kappa shape index (κ1) is 17.1. The van der Waals surface area contributed by atoms with Crippen LogP contribution in [0.2, 0.25) is 0 Å². The fourth-order valence-electron chi connectivity index (χ4n) is 2.79. The maximum absolute atomic E-state index is 12.5. The number of amides is 2. The summed E-state index contributed by atoms with van der Waals surface area (Å²) in [6.45, 7) is 6.92. The van der Waals surface area contributed by atoms with Crippen molar-refractivity contribution >= 4 is 6.03 Å². The Morgan fingerprint density at radius 3 is 2.88 bits per heavy atom. The smallest absolute Gasteiger partial charge is 0.317 e. The van der Waals surface area contributed by atoms with Crippen molar-refractivity contribution in [2.45, 2.75) is 33.0 Å². The molecule has 2 amide bonds. The van der Waals surface area contributed by atoms with E-state index >= 15 is 0 Å². The third-order valence-corrected chi connectivity index (χ3v) is 4.06. The fourth-order valence-corrected chi connectivity index (χ4v) is 2.79. The normalized spacial score (nSPS) is 14.0. The molecule has 0 unspecified atom stereocenters. The Morgan fingerprint density at radius 2 is 2.16 bits per heavy atom. The average Bonchev–Trinajstić information content (AvgIpc) is 3.12. The van der Waals surface area contributed by atoms with Gasteiger partial charge in [0.1, 0.15) is 13.2 Å². The highest BCUT2D eigenvalue weighted by Gasteiger charge is 2.17. The van der Waals surface area contributed by atoms with Crippen molar-refractivity contribution in [3.8, 4) is 11.5 Å². The van der Waals surface area contributed by atoms with Gasteiger partial charge in [-0.1, -0.05) is 6.07 Å². The van der Waals surface area contributed by atoms with Gasteiger partial charge in [0.25, 0.3) is 0 Å². The van der Waals surface area contributed by atoms with Crippen LogP contribution in [0.25, 0.3) is 0 Å². The Balaban J connectivity index is 1.58. The second-order valence-corrected chi connectivity index (χ2v) is 6.10. The molecule has 2 heterocycles. The van der Waals surface area contributed by atoms with Crippen LogP contribution in [-0.2, 0) is 13.1 Å². The molecule has 0 bridgehead atoms. The van der Waals surface area contributed by atoms with Crippen LogP contribution in [0, 0.1) is 0 Å². The highest BCUT2D eigenvalue weighted by atomic mass is 16.6. The number of nitrogens with one attached hydrogen (secondary N) is 1. The zero-order chi connectivity index (χ0) is 17.6. The zero-order valence-corrected chi connectivity index (χ0v) is 14.6. The molecule has 0 saturated carbocycles. The number of carbonyl (C=O) groups excluding carboxylic acids is 1. The van der Waals surface area contributed by atoms with Gasteiger partial charge < -0.3 is 24.3 Å². The van der Waals surface area contributed by atoms with Crippen molar-refractivity contribution in [3.05, 3.63) is 42.5 Å². The van der Waals surface area contributed by atoms with E-state index in [4.69, 9.17) is 9.47 Å². The summed E-state index contributed by atoms with van der Waals surface area (Å²) in [5.41, 5.74) is 1.02. The van der Waals surface area contributed by atoms with Crippen molar-refractivity contribution in [2.75, 3.05) is 19.8 Å². The topological polar surface area (TPSA) is 68.6 Å². The van der Waals surface area contributed by atoms with Crippen LogP contribution in [0.4, 0.5) is 4.79 Å². The maximum atomic E-state index is 12.5. The second-order valence-electron chi connectivity index (χ2n) is 6.10. The molecule has 0 spiro atoms. The summed E-state index contributed by atoms with van der Waals surface area (Å²) in [4.78, 5) is 18.3. The van der Waals surface area contributed by atoms with Crippen LogP contribution < -0.4 is 14.8 Å². The maximum Gasteiger partial charge on any atom is 0.317 e. The summed E-state index contributed by atoms with van der Waals surface area (Å²) in [5.74, 6) is 1.50. The molecule has 3 rings (SSSR count). The lowest BCUT2D eigenvalue weighted by Crippen LogP contribution is -2.44. The van der Waals surface area contributed by atoms with Gasteiger partial charge in [0.05, 0.1) is 6.33 Å². The van der Waals surface area contributed by atoms with E-state index in [0.717, 1.165) is 17.1 Å². The highest BCUT2D eigenvalue weighted by molar-refractivity contribution is 5.74. The standard InChI is InChI=1S/C18H24N4O3/c1-3-22(18(23)20-14(2)11-21-7-6-19-13-21)12-15-4-5-16-17(10-15)25-9-8-24-16/h4-7,10,13-14H,3,8-9,11-12H2,1-2H3,(H,20,23)/t14-/m0/s1. The Morgan fingerprint density at radius 1 is 1.36 bits per heavy atom. The third-order valence-electron chi connectivity index (χ3n) is 4.06. The summed E-state index contributed by atoms with van der Waals surface area (Å²) >= 11 is 0. The van der Waals surface area contributed by atoms with Gasteiger partial charge in [-0.05, 0) is 31.5 Å². The average molecular weight is 344 g/mol. The van der Waals surface area contributed by atoms with Gasteiger partial charge in [0.15, 0.2) is 11.5 Å². The van der Waals surface area contributed by atoms with E-state index in [1.54, 1.807) is 17.4 Å². The first-order valence-corrected chi connectivity index (χ1v) is 8.55. The molecule has 2 aromatic rings. The number of aromatic nitrogens is 2. The SMILES string of the molecule is CCN(Cc1ccc2c(c1)OCCO2)C(=O)N[C@@H](C)Cn1ccnc1. The number of carbonyl (C=O) groups is 1. The number of imidazole rings is 1. The predicted octanol–water partition coefficient (Wildman–Crippen LogP) is 2.27. The molecule has 0 radical (unpaired) electrons. The number of benzene rings is 1. The third kappa shape index (κ3) is 4.43. The molecule has 1 aromatic carbocycles. The molecular weight excluding hydrogens is 320 g/mol. The van der Waals surface area contributed by atoms with Gasteiger partial charge >= 0.3 is 6.03 Å². The van der Waals surface area contributed by atoms with Crippen molar-refractivity contribution in [1.29, 1.82) is 0 Å². The van der Waals surface area contributed by atoms with E-state index in [0.29, 0.717) is 32.8 Å². The number of nitrogens with zero attached hydrogens (tertiary/aromatic N) is 3. The summed E-state index contributed by atoms with van der Waals surface area (Å²) in [6.07, 6.45) is 5.36. The molecule has 0 fully saturated rings. The van der Waals surface area contributed by atoms with Gasteiger partial charge in [-0.15, -0.1) is 0 Å². The summed E-state index contributed by atoms with van der Waals surface area (Å²) in [7, 11) is 0. The molecule has 1 atom stereocenters. The minimum atomic E-state index is -0.0787. The van der Waals surface area contributed by atoms with Crippen LogP contribution in [0.5, 0.6) is 11.5 Å². The number of hydrogen-bond acceptors (Lipinski definition) is 4. The minimum Gasteiger partial charge on any atom is -0.486 e. The molecule has 0 saturated heterocycles. The molecule has 7 nitrogen and oxygen atoms in total. The molecule has 7 heteroatoms.